The van der Waals surface area contributed by atoms with Gasteiger partial charge in [-0.15, -0.1) is 0 Å². The summed E-state index contributed by atoms with van der Waals surface area (Å²) >= 11 is 0. The molecule has 0 spiro atoms. The number of ether oxygens (including phenoxy) is 2. The average molecular weight is 178 g/mol. The van der Waals surface area contributed by atoms with Crippen LogP contribution in [-0.2, 0) is 19.1 Å². The zero-order valence-corrected chi connectivity index (χ0v) is 6.36. The van der Waals surface area contributed by atoms with E-state index in [0.29, 0.717) is 0 Å². The summed E-state index contributed by atoms with van der Waals surface area (Å²) in [4.78, 5) is 20.4. The Kier molecular flexibility index (Phi) is 5.94. The third-order valence-corrected chi connectivity index (χ3v) is 0.812. The molecule has 0 fully saturated rings. The van der Waals surface area contributed by atoms with Gasteiger partial charge >= 0.3 is 11.9 Å². The van der Waals surface area contributed by atoms with Crippen molar-refractivity contribution in [3.63, 3.8) is 0 Å². The molecule has 0 heterocycles. The van der Waals surface area contributed by atoms with E-state index in [-0.39, 0.29) is 19.8 Å². The number of hydrogen-bond donors (Lipinski definition) is 2. The van der Waals surface area contributed by atoms with Crippen molar-refractivity contribution in [2.75, 3.05) is 26.4 Å². The number of carboxylic acids is 1. The van der Waals surface area contributed by atoms with Crippen LogP contribution in [0.1, 0.15) is 0 Å². The Bertz CT molecular complexity index is 154. The van der Waals surface area contributed by atoms with E-state index in [0.717, 1.165) is 0 Å². The molecule has 2 N–H and O–H groups in total. The number of esters is 1. The lowest BCUT2D eigenvalue weighted by atomic mass is 10.7. The molecule has 0 atom stereocenters. The van der Waals surface area contributed by atoms with Crippen LogP contribution in [0.25, 0.3) is 0 Å². The molecule has 12 heavy (non-hydrogen) atoms. The van der Waals surface area contributed by atoms with Gasteiger partial charge < -0.3 is 19.7 Å². The minimum absolute atomic E-state index is 0.0299. The van der Waals surface area contributed by atoms with E-state index in [1.54, 1.807) is 0 Å². The highest BCUT2D eigenvalue weighted by atomic mass is 16.6. The van der Waals surface area contributed by atoms with Gasteiger partial charge in [0.15, 0.2) is 6.61 Å². The fraction of sp³-hybridized carbons (Fsp3) is 0.667. The van der Waals surface area contributed by atoms with Gasteiger partial charge in [0.25, 0.3) is 0 Å². The van der Waals surface area contributed by atoms with Crippen molar-refractivity contribution in [1.29, 1.82) is 0 Å². The molecule has 0 saturated heterocycles. The van der Waals surface area contributed by atoms with Crippen LogP contribution in [0, 0.1) is 0 Å². The van der Waals surface area contributed by atoms with Crippen molar-refractivity contribution in [1.82, 2.24) is 0 Å². The molecular weight excluding hydrogens is 168 g/mol. The maximum absolute atomic E-state index is 10.5. The standard InChI is InChI=1S/C6H10O6/c7-1-2-11-4-6(10)12-3-5(8)9/h7H,1-4H2,(H,8,9). The summed E-state index contributed by atoms with van der Waals surface area (Å²) in [6.45, 7) is -1.16. The molecule has 6 heteroatoms. The Morgan fingerprint density at radius 1 is 1.25 bits per heavy atom. The molecule has 0 aromatic heterocycles. The normalized spacial score (nSPS) is 9.42. The molecule has 0 saturated carbocycles. The van der Waals surface area contributed by atoms with E-state index in [2.05, 4.69) is 9.47 Å². The molecular formula is C6H10O6. The van der Waals surface area contributed by atoms with E-state index < -0.39 is 18.5 Å². The zero-order valence-electron chi connectivity index (χ0n) is 6.36. The van der Waals surface area contributed by atoms with Gasteiger partial charge in [-0.05, 0) is 0 Å². The topological polar surface area (TPSA) is 93.1 Å². The van der Waals surface area contributed by atoms with Gasteiger partial charge in [-0.3, -0.25) is 0 Å². The fourth-order valence-electron chi connectivity index (χ4n) is 0.404. The third kappa shape index (κ3) is 6.97. The minimum atomic E-state index is -1.22. The number of carbonyl (C=O) groups excluding carboxylic acids is 1. The van der Waals surface area contributed by atoms with E-state index >= 15 is 0 Å². The van der Waals surface area contributed by atoms with Crippen molar-refractivity contribution >= 4 is 11.9 Å². The largest absolute Gasteiger partial charge is 0.479 e. The Labute approximate surface area is 68.7 Å². The Balaban J connectivity index is 3.28. The van der Waals surface area contributed by atoms with Crippen LogP contribution in [0.4, 0.5) is 0 Å². The second kappa shape index (κ2) is 6.56. The fourth-order valence-corrected chi connectivity index (χ4v) is 0.404. The lowest BCUT2D eigenvalue weighted by molar-refractivity contribution is -0.158. The summed E-state index contributed by atoms with van der Waals surface area (Å²) in [6, 6.07) is 0. The van der Waals surface area contributed by atoms with Crippen LogP contribution >= 0.6 is 0 Å². The highest BCUT2D eigenvalue weighted by Crippen LogP contribution is 1.81. The number of rotatable bonds is 6. The third-order valence-electron chi connectivity index (χ3n) is 0.812. The molecule has 0 aliphatic carbocycles. The van der Waals surface area contributed by atoms with Crippen LogP contribution in [0.5, 0.6) is 0 Å². The predicted octanol–water partition coefficient (Wildman–Crippen LogP) is -1.38. The van der Waals surface area contributed by atoms with Gasteiger partial charge in [0.1, 0.15) is 6.61 Å². The molecule has 70 valence electrons. The first-order valence-electron chi connectivity index (χ1n) is 3.23. The molecule has 0 aromatic carbocycles. The van der Waals surface area contributed by atoms with Crippen molar-refractivity contribution in [3.05, 3.63) is 0 Å². The number of aliphatic hydroxyl groups excluding tert-OH is 1. The van der Waals surface area contributed by atoms with Crippen LogP contribution in [0.3, 0.4) is 0 Å². The molecule has 0 aromatic rings. The molecule has 6 nitrogen and oxygen atoms in total. The molecule has 0 aliphatic heterocycles. The number of carbonyl (C=O) groups is 2. The quantitative estimate of drug-likeness (QED) is 0.384. The summed E-state index contributed by atoms with van der Waals surface area (Å²) in [6.07, 6.45) is 0. The summed E-state index contributed by atoms with van der Waals surface area (Å²) in [7, 11) is 0. The minimum Gasteiger partial charge on any atom is -0.479 e. The van der Waals surface area contributed by atoms with Gasteiger partial charge in [0.2, 0.25) is 0 Å². The number of carboxylic acid groups (broad SMARTS) is 1. The summed E-state index contributed by atoms with van der Waals surface area (Å²) in [5, 5.41) is 16.3. The lowest BCUT2D eigenvalue weighted by Gasteiger charge is -2.01. The average Bonchev–Trinajstić information content (AvgIpc) is 2.01. The second-order valence-corrected chi connectivity index (χ2v) is 1.83. The molecule has 0 rings (SSSR count). The van der Waals surface area contributed by atoms with Gasteiger partial charge in [-0.2, -0.15) is 0 Å². The van der Waals surface area contributed by atoms with Crippen LogP contribution in [0.15, 0.2) is 0 Å². The van der Waals surface area contributed by atoms with Crippen LogP contribution in [-0.4, -0.2) is 48.6 Å². The zero-order chi connectivity index (χ0) is 9.40. The summed E-state index contributed by atoms with van der Waals surface area (Å²) in [5.41, 5.74) is 0. The first-order chi connectivity index (χ1) is 5.66. The van der Waals surface area contributed by atoms with Crippen molar-refractivity contribution in [2.24, 2.45) is 0 Å². The highest BCUT2D eigenvalue weighted by Gasteiger charge is 2.04. The highest BCUT2D eigenvalue weighted by molar-refractivity contribution is 5.75. The first kappa shape index (κ1) is 10.9. The molecule has 0 radical (unpaired) electrons. The maximum atomic E-state index is 10.5. The SMILES string of the molecule is O=C(O)COC(=O)COCCO. The predicted molar refractivity (Wildman–Crippen MR) is 36.5 cm³/mol. The first-order valence-corrected chi connectivity index (χ1v) is 3.23. The Morgan fingerprint density at radius 3 is 2.42 bits per heavy atom. The van der Waals surface area contributed by atoms with Gasteiger partial charge in [0, 0.05) is 0 Å². The van der Waals surface area contributed by atoms with Crippen molar-refractivity contribution < 1.29 is 29.3 Å². The molecule has 0 amide bonds. The second-order valence-electron chi connectivity index (χ2n) is 1.83. The van der Waals surface area contributed by atoms with Gasteiger partial charge in [-0.25, -0.2) is 9.59 Å². The maximum Gasteiger partial charge on any atom is 0.341 e. The molecule has 0 bridgehead atoms. The van der Waals surface area contributed by atoms with Crippen molar-refractivity contribution in [3.8, 4) is 0 Å². The number of hydrogen-bond acceptors (Lipinski definition) is 5. The smallest absolute Gasteiger partial charge is 0.341 e. The van der Waals surface area contributed by atoms with E-state index in [1.165, 1.54) is 0 Å². The number of aliphatic carboxylic acids is 1. The van der Waals surface area contributed by atoms with Crippen LogP contribution in [0.2, 0.25) is 0 Å². The van der Waals surface area contributed by atoms with E-state index in [1.807, 2.05) is 0 Å². The van der Waals surface area contributed by atoms with Crippen LogP contribution < -0.4 is 0 Å². The number of aliphatic hydroxyl groups is 1. The lowest BCUT2D eigenvalue weighted by Crippen LogP contribution is -2.18. The Hall–Kier alpha value is -1.14. The summed E-state index contributed by atoms with van der Waals surface area (Å²) in [5.74, 6) is -1.98. The monoisotopic (exact) mass is 178 g/mol. The summed E-state index contributed by atoms with van der Waals surface area (Å²) < 4.78 is 8.76. The van der Waals surface area contributed by atoms with Gasteiger partial charge in [-0.1, -0.05) is 0 Å². The molecule has 0 unspecified atom stereocenters. The Morgan fingerprint density at radius 2 is 1.92 bits per heavy atom. The van der Waals surface area contributed by atoms with E-state index in [9.17, 15) is 9.59 Å². The van der Waals surface area contributed by atoms with E-state index in [4.69, 9.17) is 10.2 Å². The van der Waals surface area contributed by atoms with Crippen molar-refractivity contribution in [2.45, 2.75) is 0 Å². The molecule has 0 aliphatic rings. The van der Waals surface area contributed by atoms with Gasteiger partial charge in [0.05, 0.1) is 13.2 Å².